The Kier molecular flexibility index (Phi) is 4.49. The molecule has 1 heterocycles. The highest BCUT2D eigenvalue weighted by Crippen LogP contribution is 2.18. The summed E-state index contributed by atoms with van der Waals surface area (Å²) in [5, 5.41) is 12.1. The number of nitrogens with one attached hydrogen (secondary N) is 1. The van der Waals surface area contributed by atoms with Gasteiger partial charge in [-0.3, -0.25) is 0 Å². The third-order valence-electron chi connectivity index (χ3n) is 3.60. The van der Waals surface area contributed by atoms with Crippen LogP contribution < -0.4 is 5.32 Å². The molecule has 3 nitrogen and oxygen atoms in total. The summed E-state index contributed by atoms with van der Waals surface area (Å²) in [6, 6.07) is 2.88. The topological polar surface area (TPSA) is 37.8 Å². The predicted molar refractivity (Wildman–Crippen MR) is 69.9 cm³/mol. The van der Waals surface area contributed by atoms with Crippen LogP contribution in [-0.2, 0) is 13.0 Å². The van der Waals surface area contributed by atoms with Crippen molar-refractivity contribution in [2.45, 2.75) is 65.0 Å². The molecule has 1 aromatic heterocycles. The SMILES string of the molecule is CCc1nnc(C)cc1CNC1CCCCC1. The van der Waals surface area contributed by atoms with E-state index < -0.39 is 0 Å². The van der Waals surface area contributed by atoms with E-state index in [9.17, 15) is 0 Å². The van der Waals surface area contributed by atoms with Crippen molar-refractivity contribution < 1.29 is 0 Å². The minimum Gasteiger partial charge on any atom is -0.310 e. The molecule has 1 fully saturated rings. The maximum Gasteiger partial charge on any atom is 0.0673 e. The number of aromatic nitrogens is 2. The smallest absolute Gasteiger partial charge is 0.0673 e. The fraction of sp³-hybridized carbons (Fsp3) is 0.714. The average Bonchev–Trinajstić information content (AvgIpc) is 2.38. The van der Waals surface area contributed by atoms with Crippen molar-refractivity contribution >= 4 is 0 Å². The second kappa shape index (κ2) is 6.10. The summed E-state index contributed by atoms with van der Waals surface area (Å²) in [5.74, 6) is 0. The lowest BCUT2D eigenvalue weighted by molar-refractivity contribution is 0.371. The van der Waals surface area contributed by atoms with Crippen LogP contribution >= 0.6 is 0 Å². The maximum atomic E-state index is 4.27. The van der Waals surface area contributed by atoms with Crippen LogP contribution in [0.5, 0.6) is 0 Å². The van der Waals surface area contributed by atoms with Gasteiger partial charge in [0.25, 0.3) is 0 Å². The van der Waals surface area contributed by atoms with Crippen LogP contribution in [0.25, 0.3) is 0 Å². The van der Waals surface area contributed by atoms with Gasteiger partial charge in [-0.2, -0.15) is 10.2 Å². The highest BCUT2D eigenvalue weighted by molar-refractivity contribution is 5.20. The Bertz CT molecular complexity index is 356. The van der Waals surface area contributed by atoms with Gasteiger partial charge in [0.15, 0.2) is 0 Å². The Labute approximate surface area is 104 Å². The zero-order chi connectivity index (χ0) is 12.1. The minimum atomic E-state index is 0.710. The molecule has 1 aliphatic carbocycles. The summed E-state index contributed by atoms with van der Waals surface area (Å²) in [5.41, 5.74) is 3.48. The maximum absolute atomic E-state index is 4.27. The molecule has 1 aliphatic rings. The third kappa shape index (κ3) is 3.50. The molecule has 0 unspecified atom stereocenters. The van der Waals surface area contributed by atoms with Crippen molar-refractivity contribution in [1.29, 1.82) is 0 Å². The van der Waals surface area contributed by atoms with E-state index in [1.165, 1.54) is 37.7 Å². The molecule has 94 valence electrons. The van der Waals surface area contributed by atoms with Crippen LogP contribution in [0.2, 0.25) is 0 Å². The number of hydrogen-bond donors (Lipinski definition) is 1. The molecule has 1 saturated carbocycles. The molecule has 0 atom stereocenters. The standard InChI is InChI=1S/C14H23N3/c1-3-14-12(9-11(2)16-17-14)10-15-13-7-5-4-6-8-13/h9,13,15H,3-8,10H2,1-2H3. The quantitative estimate of drug-likeness (QED) is 0.869. The van der Waals surface area contributed by atoms with Crippen LogP contribution in [0.3, 0.4) is 0 Å². The van der Waals surface area contributed by atoms with Crippen molar-refractivity contribution in [2.75, 3.05) is 0 Å². The van der Waals surface area contributed by atoms with E-state index >= 15 is 0 Å². The van der Waals surface area contributed by atoms with Crippen molar-refractivity contribution in [2.24, 2.45) is 0 Å². The first-order valence-corrected chi connectivity index (χ1v) is 6.85. The van der Waals surface area contributed by atoms with E-state index in [-0.39, 0.29) is 0 Å². The second-order valence-electron chi connectivity index (χ2n) is 5.03. The molecule has 1 N–H and O–H groups in total. The van der Waals surface area contributed by atoms with Crippen LogP contribution in [-0.4, -0.2) is 16.2 Å². The molecule has 0 saturated heterocycles. The van der Waals surface area contributed by atoms with Crippen molar-refractivity contribution in [3.63, 3.8) is 0 Å². The Morgan fingerprint density at radius 1 is 1.24 bits per heavy atom. The minimum absolute atomic E-state index is 0.710. The lowest BCUT2D eigenvalue weighted by Gasteiger charge is -2.23. The van der Waals surface area contributed by atoms with Gasteiger partial charge in [0.1, 0.15) is 0 Å². The van der Waals surface area contributed by atoms with Crippen LogP contribution in [0.15, 0.2) is 6.07 Å². The lowest BCUT2D eigenvalue weighted by Crippen LogP contribution is -2.31. The normalized spacial score (nSPS) is 17.3. The number of rotatable bonds is 4. The summed E-state index contributed by atoms with van der Waals surface area (Å²) < 4.78 is 0. The van der Waals surface area contributed by atoms with Crippen LogP contribution in [0.1, 0.15) is 56.0 Å². The summed E-state index contributed by atoms with van der Waals surface area (Å²) in [6.45, 7) is 5.10. The molecule has 0 bridgehead atoms. The Balaban J connectivity index is 1.95. The summed E-state index contributed by atoms with van der Waals surface area (Å²) in [4.78, 5) is 0. The zero-order valence-electron chi connectivity index (χ0n) is 11.0. The Morgan fingerprint density at radius 2 is 2.00 bits per heavy atom. The number of nitrogens with zero attached hydrogens (tertiary/aromatic N) is 2. The second-order valence-corrected chi connectivity index (χ2v) is 5.03. The molecule has 0 aromatic carbocycles. The highest BCUT2D eigenvalue weighted by Gasteiger charge is 2.13. The molecule has 1 aromatic rings. The fourth-order valence-corrected chi connectivity index (χ4v) is 2.58. The summed E-state index contributed by atoms with van der Waals surface area (Å²) in [7, 11) is 0. The van der Waals surface area contributed by atoms with Gasteiger partial charge in [0.05, 0.1) is 11.4 Å². The summed E-state index contributed by atoms with van der Waals surface area (Å²) >= 11 is 0. The molecule has 0 radical (unpaired) electrons. The molecule has 0 aliphatic heterocycles. The largest absolute Gasteiger partial charge is 0.310 e. The van der Waals surface area contributed by atoms with Gasteiger partial charge in [-0.05, 0) is 37.8 Å². The molecule has 0 amide bonds. The van der Waals surface area contributed by atoms with E-state index in [0.29, 0.717) is 6.04 Å². The van der Waals surface area contributed by atoms with Gasteiger partial charge in [0.2, 0.25) is 0 Å². The first-order chi connectivity index (χ1) is 8.29. The van der Waals surface area contributed by atoms with Crippen LogP contribution in [0.4, 0.5) is 0 Å². The van der Waals surface area contributed by atoms with Gasteiger partial charge in [-0.1, -0.05) is 26.2 Å². The van der Waals surface area contributed by atoms with E-state index in [1.54, 1.807) is 0 Å². The fourth-order valence-electron chi connectivity index (χ4n) is 2.58. The van der Waals surface area contributed by atoms with Gasteiger partial charge >= 0.3 is 0 Å². The predicted octanol–water partition coefficient (Wildman–Crippen LogP) is 2.77. The molecule has 2 rings (SSSR count). The Hall–Kier alpha value is -0.960. The van der Waals surface area contributed by atoms with E-state index in [1.807, 2.05) is 6.92 Å². The first kappa shape index (κ1) is 12.5. The van der Waals surface area contributed by atoms with E-state index in [0.717, 1.165) is 24.4 Å². The van der Waals surface area contributed by atoms with Crippen molar-refractivity contribution in [1.82, 2.24) is 15.5 Å². The molecular formula is C14H23N3. The Morgan fingerprint density at radius 3 is 2.71 bits per heavy atom. The van der Waals surface area contributed by atoms with E-state index in [4.69, 9.17) is 0 Å². The monoisotopic (exact) mass is 233 g/mol. The van der Waals surface area contributed by atoms with Gasteiger partial charge in [0, 0.05) is 12.6 Å². The molecule has 0 spiro atoms. The van der Waals surface area contributed by atoms with Crippen molar-refractivity contribution in [3.8, 4) is 0 Å². The third-order valence-corrected chi connectivity index (χ3v) is 3.60. The van der Waals surface area contributed by atoms with Crippen LogP contribution in [0, 0.1) is 6.92 Å². The number of aryl methyl sites for hydroxylation is 2. The van der Waals surface area contributed by atoms with Gasteiger partial charge in [-0.25, -0.2) is 0 Å². The van der Waals surface area contributed by atoms with Gasteiger partial charge < -0.3 is 5.32 Å². The first-order valence-electron chi connectivity index (χ1n) is 6.85. The number of hydrogen-bond acceptors (Lipinski definition) is 3. The zero-order valence-corrected chi connectivity index (χ0v) is 11.0. The van der Waals surface area contributed by atoms with E-state index in [2.05, 4.69) is 28.5 Å². The highest BCUT2D eigenvalue weighted by atomic mass is 15.1. The summed E-state index contributed by atoms with van der Waals surface area (Å²) in [6.07, 6.45) is 7.80. The lowest BCUT2D eigenvalue weighted by atomic mass is 9.95. The average molecular weight is 233 g/mol. The van der Waals surface area contributed by atoms with Gasteiger partial charge in [-0.15, -0.1) is 0 Å². The van der Waals surface area contributed by atoms with Crippen molar-refractivity contribution in [3.05, 3.63) is 23.0 Å². The molecular weight excluding hydrogens is 210 g/mol. The molecule has 3 heteroatoms. The molecule has 17 heavy (non-hydrogen) atoms.